The molecule has 0 spiro atoms. The minimum atomic E-state index is 0.120. The van der Waals surface area contributed by atoms with Crippen molar-refractivity contribution in [1.82, 2.24) is 10.3 Å². The Labute approximate surface area is 84.3 Å². The summed E-state index contributed by atoms with van der Waals surface area (Å²) in [6.07, 6.45) is 3.93. The second-order valence-electron chi connectivity index (χ2n) is 4.21. The number of nitrogens with one attached hydrogen (secondary N) is 1. The summed E-state index contributed by atoms with van der Waals surface area (Å²) in [7, 11) is 0. The molecule has 0 amide bonds. The fourth-order valence-corrected chi connectivity index (χ4v) is 1.24. The summed E-state index contributed by atoms with van der Waals surface area (Å²) >= 11 is 0. The summed E-state index contributed by atoms with van der Waals surface area (Å²) in [5.41, 5.74) is 0.120. The van der Waals surface area contributed by atoms with E-state index in [9.17, 15) is 0 Å². The molecule has 0 fully saturated rings. The van der Waals surface area contributed by atoms with Gasteiger partial charge in [0.1, 0.15) is 5.76 Å². The molecule has 1 rings (SSSR count). The van der Waals surface area contributed by atoms with Gasteiger partial charge in [-0.3, -0.25) is 0 Å². The van der Waals surface area contributed by atoms with Crippen molar-refractivity contribution in [1.29, 1.82) is 0 Å². The van der Waals surface area contributed by atoms with E-state index in [-0.39, 0.29) is 12.0 Å². The molecule has 0 radical (unpaired) electrons. The number of nitrogens with zero attached hydrogens (tertiary/aromatic N) is 1. The van der Waals surface area contributed by atoms with E-state index in [1.54, 1.807) is 6.20 Å². The van der Waals surface area contributed by atoms with Gasteiger partial charge in [-0.15, -0.1) is 0 Å². The molecule has 0 saturated carbocycles. The lowest BCUT2D eigenvalue weighted by Crippen LogP contribution is -2.29. The summed E-state index contributed by atoms with van der Waals surface area (Å²) in [5, 5.41) is 12.1. The van der Waals surface area contributed by atoms with Gasteiger partial charge in [0.25, 0.3) is 0 Å². The van der Waals surface area contributed by atoms with Crippen LogP contribution in [0.2, 0.25) is 0 Å². The van der Waals surface area contributed by atoms with Crippen molar-refractivity contribution in [3.05, 3.63) is 18.4 Å². The highest BCUT2D eigenvalue weighted by molar-refractivity contribution is 4.87. The van der Waals surface area contributed by atoms with Gasteiger partial charge in [0.05, 0.1) is 12.7 Å². The molecule has 4 nitrogen and oxygen atoms in total. The molecule has 0 bridgehead atoms. The van der Waals surface area contributed by atoms with Gasteiger partial charge >= 0.3 is 0 Å². The highest BCUT2D eigenvalue weighted by atomic mass is 16.3. The molecule has 80 valence electrons. The van der Waals surface area contributed by atoms with Gasteiger partial charge in [-0.25, -0.2) is 4.98 Å². The zero-order valence-corrected chi connectivity index (χ0v) is 8.79. The number of aliphatic hydroxyl groups excluding tert-OH is 1. The Hall–Kier alpha value is -0.870. The summed E-state index contributed by atoms with van der Waals surface area (Å²) < 4.78 is 5.09. The third-order valence-electron chi connectivity index (χ3n) is 2.17. The van der Waals surface area contributed by atoms with E-state index in [2.05, 4.69) is 24.1 Å². The molecular weight excluding hydrogens is 180 g/mol. The standard InChI is InChI=1S/C10H18N2O2/c1-10(2,3-4-13)7-11-5-9-6-12-8-14-9/h6,8,11,13H,3-5,7H2,1-2H3. The molecule has 2 N–H and O–H groups in total. The molecule has 0 saturated heterocycles. The van der Waals surface area contributed by atoms with E-state index in [1.807, 2.05) is 0 Å². The number of hydrogen-bond acceptors (Lipinski definition) is 4. The Morgan fingerprint density at radius 2 is 2.36 bits per heavy atom. The van der Waals surface area contributed by atoms with Crippen molar-refractivity contribution in [3.63, 3.8) is 0 Å². The lowest BCUT2D eigenvalue weighted by molar-refractivity contribution is 0.206. The van der Waals surface area contributed by atoms with Crippen molar-refractivity contribution in [2.75, 3.05) is 13.2 Å². The molecule has 0 aliphatic carbocycles. The van der Waals surface area contributed by atoms with Gasteiger partial charge in [-0.05, 0) is 11.8 Å². The maximum atomic E-state index is 8.83. The second-order valence-corrected chi connectivity index (χ2v) is 4.21. The van der Waals surface area contributed by atoms with Crippen molar-refractivity contribution >= 4 is 0 Å². The van der Waals surface area contributed by atoms with Crippen molar-refractivity contribution < 1.29 is 9.52 Å². The van der Waals surface area contributed by atoms with Crippen LogP contribution in [0.15, 0.2) is 17.0 Å². The van der Waals surface area contributed by atoms with E-state index in [4.69, 9.17) is 9.52 Å². The first kappa shape index (κ1) is 11.2. The monoisotopic (exact) mass is 198 g/mol. The second kappa shape index (κ2) is 5.12. The zero-order chi connectivity index (χ0) is 10.4. The first-order valence-electron chi connectivity index (χ1n) is 4.83. The summed E-state index contributed by atoms with van der Waals surface area (Å²) in [6.45, 7) is 6.02. The van der Waals surface area contributed by atoms with Crippen molar-refractivity contribution in [3.8, 4) is 0 Å². The molecular formula is C10H18N2O2. The highest BCUT2D eigenvalue weighted by Crippen LogP contribution is 2.18. The quantitative estimate of drug-likeness (QED) is 0.720. The Kier molecular flexibility index (Phi) is 4.10. The Morgan fingerprint density at radius 3 is 2.93 bits per heavy atom. The molecule has 1 heterocycles. The molecule has 0 aliphatic heterocycles. The molecule has 1 aromatic rings. The maximum Gasteiger partial charge on any atom is 0.180 e. The average molecular weight is 198 g/mol. The minimum Gasteiger partial charge on any atom is -0.447 e. The topological polar surface area (TPSA) is 58.3 Å². The normalized spacial score (nSPS) is 11.9. The molecule has 0 unspecified atom stereocenters. The van der Waals surface area contributed by atoms with Crippen LogP contribution >= 0.6 is 0 Å². The Bertz CT molecular complexity index is 245. The van der Waals surface area contributed by atoms with Crippen LogP contribution in [-0.4, -0.2) is 23.2 Å². The van der Waals surface area contributed by atoms with E-state index < -0.39 is 0 Å². The molecule has 0 aromatic carbocycles. The summed E-state index contributed by atoms with van der Waals surface area (Å²) in [4.78, 5) is 3.83. The van der Waals surface area contributed by atoms with Gasteiger partial charge in [0.15, 0.2) is 6.39 Å². The van der Waals surface area contributed by atoms with Crippen LogP contribution in [0.4, 0.5) is 0 Å². The molecule has 1 aromatic heterocycles. The zero-order valence-electron chi connectivity index (χ0n) is 8.79. The van der Waals surface area contributed by atoms with Gasteiger partial charge in [0.2, 0.25) is 0 Å². The number of hydrogen-bond donors (Lipinski definition) is 2. The number of oxazole rings is 1. The fourth-order valence-electron chi connectivity index (χ4n) is 1.24. The largest absolute Gasteiger partial charge is 0.447 e. The third kappa shape index (κ3) is 3.89. The minimum absolute atomic E-state index is 0.120. The molecule has 0 aliphatic rings. The highest BCUT2D eigenvalue weighted by Gasteiger charge is 2.16. The van der Waals surface area contributed by atoms with E-state index in [0.29, 0.717) is 6.54 Å². The molecule has 14 heavy (non-hydrogen) atoms. The van der Waals surface area contributed by atoms with Crippen LogP contribution in [-0.2, 0) is 6.54 Å². The lowest BCUT2D eigenvalue weighted by atomic mass is 9.90. The number of aliphatic hydroxyl groups is 1. The lowest BCUT2D eigenvalue weighted by Gasteiger charge is -2.23. The maximum absolute atomic E-state index is 8.83. The smallest absolute Gasteiger partial charge is 0.180 e. The Morgan fingerprint density at radius 1 is 1.57 bits per heavy atom. The van der Waals surface area contributed by atoms with Crippen LogP contribution in [0.5, 0.6) is 0 Å². The van der Waals surface area contributed by atoms with Crippen LogP contribution in [0.1, 0.15) is 26.0 Å². The van der Waals surface area contributed by atoms with E-state index in [1.165, 1.54) is 6.39 Å². The first-order valence-corrected chi connectivity index (χ1v) is 4.83. The molecule has 0 atom stereocenters. The van der Waals surface area contributed by atoms with Crippen molar-refractivity contribution in [2.45, 2.75) is 26.8 Å². The van der Waals surface area contributed by atoms with Gasteiger partial charge in [-0.1, -0.05) is 13.8 Å². The summed E-state index contributed by atoms with van der Waals surface area (Å²) in [5.74, 6) is 0.838. The van der Waals surface area contributed by atoms with Crippen LogP contribution in [0, 0.1) is 5.41 Å². The predicted octanol–water partition coefficient (Wildman–Crippen LogP) is 1.17. The first-order chi connectivity index (χ1) is 6.64. The van der Waals surface area contributed by atoms with Crippen LogP contribution in [0.25, 0.3) is 0 Å². The van der Waals surface area contributed by atoms with E-state index in [0.717, 1.165) is 18.7 Å². The predicted molar refractivity (Wildman–Crippen MR) is 53.7 cm³/mol. The summed E-state index contributed by atoms with van der Waals surface area (Å²) in [6, 6.07) is 0. The third-order valence-corrected chi connectivity index (χ3v) is 2.17. The fraction of sp³-hybridized carbons (Fsp3) is 0.700. The van der Waals surface area contributed by atoms with Crippen LogP contribution in [0.3, 0.4) is 0 Å². The van der Waals surface area contributed by atoms with Crippen LogP contribution < -0.4 is 5.32 Å². The average Bonchev–Trinajstić information content (AvgIpc) is 2.56. The van der Waals surface area contributed by atoms with Gasteiger partial charge < -0.3 is 14.8 Å². The Balaban J connectivity index is 2.20. The molecule has 4 heteroatoms. The van der Waals surface area contributed by atoms with Gasteiger partial charge in [0, 0.05) is 13.2 Å². The SMILES string of the molecule is CC(C)(CCO)CNCc1cnco1. The number of rotatable bonds is 6. The van der Waals surface area contributed by atoms with Crippen molar-refractivity contribution in [2.24, 2.45) is 5.41 Å². The number of aromatic nitrogens is 1. The van der Waals surface area contributed by atoms with E-state index >= 15 is 0 Å². The van der Waals surface area contributed by atoms with Gasteiger partial charge in [-0.2, -0.15) is 0 Å².